The van der Waals surface area contributed by atoms with Crippen LogP contribution in [0.2, 0.25) is 0 Å². The molecule has 2 rings (SSSR count). The molecule has 1 aromatic heterocycles. The molecule has 0 saturated heterocycles. The lowest BCUT2D eigenvalue weighted by Gasteiger charge is -2.27. The minimum Gasteiger partial charge on any atom is -0.479 e. The van der Waals surface area contributed by atoms with Crippen LogP contribution in [0.1, 0.15) is 35.9 Å². The van der Waals surface area contributed by atoms with E-state index in [-0.39, 0.29) is 6.42 Å². The summed E-state index contributed by atoms with van der Waals surface area (Å²) in [5.74, 6) is -1.49. The first-order valence-corrected chi connectivity index (χ1v) is 7.46. The third kappa shape index (κ3) is 3.61. The zero-order valence-electron chi connectivity index (χ0n) is 13.7. The van der Waals surface area contributed by atoms with Crippen molar-refractivity contribution in [2.45, 2.75) is 39.2 Å². The number of carbonyl (C=O) groups is 2. The molecule has 1 unspecified atom stereocenters. The van der Waals surface area contributed by atoms with Crippen LogP contribution < -0.4 is 5.32 Å². The molecule has 1 amide bonds. The average Bonchev–Trinajstić information content (AvgIpc) is 2.84. The molecule has 0 aliphatic rings. The first kappa shape index (κ1) is 17.7. The molecular formula is C17H19FN2O4. The number of nitrogens with zero attached hydrogens (tertiary/aromatic N) is 1. The molecule has 2 aromatic rings. The molecule has 0 aliphatic heterocycles. The molecule has 7 heteroatoms. The van der Waals surface area contributed by atoms with Crippen molar-refractivity contribution >= 4 is 11.9 Å². The van der Waals surface area contributed by atoms with Crippen LogP contribution in [0.25, 0.3) is 0 Å². The van der Waals surface area contributed by atoms with E-state index in [0.717, 1.165) is 17.7 Å². The number of benzene rings is 1. The maximum Gasteiger partial charge on any atom is 0.333 e. The first-order valence-electron chi connectivity index (χ1n) is 7.46. The molecule has 1 atom stereocenters. The molecule has 24 heavy (non-hydrogen) atoms. The second-order valence-electron chi connectivity index (χ2n) is 5.79. The summed E-state index contributed by atoms with van der Waals surface area (Å²) >= 11 is 0. The first-order chi connectivity index (χ1) is 11.2. The molecule has 128 valence electrons. The third-order valence-corrected chi connectivity index (χ3v) is 4.02. The van der Waals surface area contributed by atoms with Crippen LogP contribution in [0.3, 0.4) is 0 Å². The summed E-state index contributed by atoms with van der Waals surface area (Å²) in [5.41, 5.74) is 0.203. The van der Waals surface area contributed by atoms with E-state index in [9.17, 15) is 19.1 Å². The molecule has 0 aliphatic carbocycles. The van der Waals surface area contributed by atoms with Gasteiger partial charge in [-0.15, -0.1) is 0 Å². The van der Waals surface area contributed by atoms with Crippen molar-refractivity contribution in [3.63, 3.8) is 0 Å². The molecule has 1 heterocycles. The van der Waals surface area contributed by atoms with Gasteiger partial charge in [-0.05, 0) is 44.9 Å². The standard InChI is InChI=1S/C17H19FN2O4/c1-10-14(11(2)24-20-10)8-9-15(21)19-17(3,16(22)23)12-4-6-13(18)7-5-12/h4-7H,8-9H2,1-3H3,(H,19,21)(H,22,23). The van der Waals surface area contributed by atoms with Crippen molar-refractivity contribution in [2.24, 2.45) is 0 Å². The number of rotatable bonds is 6. The topological polar surface area (TPSA) is 92.4 Å². The number of aliphatic carboxylic acids is 1. The van der Waals surface area contributed by atoms with Gasteiger partial charge in [0.15, 0.2) is 5.54 Å². The van der Waals surface area contributed by atoms with Gasteiger partial charge in [-0.2, -0.15) is 0 Å². The maximum absolute atomic E-state index is 13.0. The Morgan fingerprint density at radius 1 is 1.29 bits per heavy atom. The molecule has 2 N–H and O–H groups in total. The van der Waals surface area contributed by atoms with Crippen molar-refractivity contribution in [3.8, 4) is 0 Å². The fourth-order valence-electron chi connectivity index (χ4n) is 2.47. The number of carboxylic acids is 1. The van der Waals surface area contributed by atoms with Crippen LogP contribution in [0.15, 0.2) is 28.8 Å². The van der Waals surface area contributed by atoms with Crippen LogP contribution in [-0.4, -0.2) is 22.1 Å². The fourth-order valence-corrected chi connectivity index (χ4v) is 2.47. The number of aromatic nitrogens is 1. The number of carbonyl (C=O) groups excluding carboxylic acids is 1. The average molecular weight is 334 g/mol. The summed E-state index contributed by atoms with van der Waals surface area (Å²) in [6, 6.07) is 5.01. The van der Waals surface area contributed by atoms with Gasteiger partial charge < -0.3 is 14.9 Å². The van der Waals surface area contributed by atoms with E-state index in [0.29, 0.717) is 23.4 Å². The maximum atomic E-state index is 13.0. The number of halogens is 1. The minimum absolute atomic E-state index is 0.0902. The van der Waals surface area contributed by atoms with E-state index >= 15 is 0 Å². The second kappa shape index (κ2) is 6.82. The normalized spacial score (nSPS) is 13.3. The van der Waals surface area contributed by atoms with E-state index in [1.807, 2.05) is 0 Å². The van der Waals surface area contributed by atoms with E-state index in [2.05, 4.69) is 10.5 Å². The van der Waals surface area contributed by atoms with Gasteiger partial charge in [0.25, 0.3) is 0 Å². The fraction of sp³-hybridized carbons (Fsp3) is 0.353. The number of carboxylic acid groups (broad SMARTS) is 1. The number of nitrogens with one attached hydrogen (secondary N) is 1. The number of hydrogen-bond donors (Lipinski definition) is 2. The lowest BCUT2D eigenvalue weighted by molar-refractivity contribution is -0.147. The Morgan fingerprint density at radius 2 is 1.92 bits per heavy atom. The van der Waals surface area contributed by atoms with Crippen molar-refractivity contribution in [2.75, 3.05) is 0 Å². The van der Waals surface area contributed by atoms with Crippen LogP contribution in [0.4, 0.5) is 4.39 Å². The number of hydrogen-bond acceptors (Lipinski definition) is 4. The zero-order chi connectivity index (χ0) is 17.9. The molecular weight excluding hydrogens is 315 g/mol. The second-order valence-corrected chi connectivity index (χ2v) is 5.79. The molecule has 0 spiro atoms. The lowest BCUT2D eigenvalue weighted by atomic mass is 9.91. The number of amides is 1. The zero-order valence-corrected chi connectivity index (χ0v) is 13.7. The predicted octanol–water partition coefficient (Wildman–Crippen LogP) is 2.48. The highest BCUT2D eigenvalue weighted by Gasteiger charge is 2.36. The van der Waals surface area contributed by atoms with Gasteiger partial charge in [0, 0.05) is 12.0 Å². The van der Waals surface area contributed by atoms with Gasteiger partial charge in [0.2, 0.25) is 5.91 Å². The summed E-state index contributed by atoms with van der Waals surface area (Å²) < 4.78 is 18.1. The highest BCUT2D eigenvalue weighted by atomic mass is 19.1. The highest BCUT2D eigenvalue weighted by molar-refractivity contribution is 5.87. The van der Waals surface area contributed by atoms with E-state index < -0.39 is 23.2 Å². The molecule has 1 aromatic carbocycles. The van der Waals surface area contributed by atoms with Gasteiger partial charge in [-0.3, -0.25) is 4.79 Å². The Morgan fingerprint density at radius 3 is 2.42 bits per heavy atom. The van der Waals surface area contributed by atoms with Crippen LogP contribution in [0, 0.1) is 19.7 Å². The van der Waals surface area contributed by atoms with Gasteiger partial charge in [0.1, 0.15) is 11.6 Å². The molecule has 0 bridgehead atoms. The molecule has 0 radical (unpaired) electrons. The van der Waals surface area contributed by atoms with Gasteiger partial charge in [0.05, 0.1) is 5.69 Å². The van der Waals surface area contributed by atoms with Crippen LogP contribution >= 0.6 is 0 Å². The third-order valence-electron chi connectivity index (χ3n) is 4.02. The summed E-state index contributed by atoms with van der Waals surface area (Å²) in [6.45, 7) is 4.91. The minimum atomic E-state index is -1.64. The number of aryl methyl sites for hydroxylation is 2. The van der Waals surface area contributed by atoms with E-state index in [1.165, 1.54) is 19.1 Å². The Hall–Kier alpha value is -2.70. The summed E-state index contributed by atoms with van der Waals surface area (Å²) in [7, 11) is 0. The van der Waals surface area contributed by atoms with Gasteiger partial charge in [-0.25, -0.2) is 9.18 Å². The SMILES string of the molecule is Cc1noc(C)c1CCC(=O)NC(C)(C(=O)O)c1ccc(F)cc1. The molecule has 0 fully saturated rings. The predicted molar refractivity (Wildman–Crippen MR) is 83.8 cm³/mol. The van der Waals surface area contributed by atoms with E-state index in [4.69, 9.17) is 4.52 Å². The van der Waals surface area contributed by atoms with Crippen LogP contribution in [-0.2, 0) is 21.5 Å². The summed E-state index contributed by atoms with van der Waals surface area (Å²) in [6.07, 6.45) is 0.485. The van der Waals surface area contributed by atoms with E-state index in [1.54, 1.807) is 13.8 Å². The van der Waals surface area contributed by atoms with Crippen LogP contribution in [0.5, 0.6) is 0 Å². The Labute approximate surface area is 138 Å². The smallest absolute Gasteiger partial charge is 0.333 e. The van der Waals surface area contributed by atoms with Crippen molar-refractivity contribution in [3.05, 3.63) is 52.7 Å². The Balaban J connectivity index is 2.11. The monoisotopic (exact) mass is 334 g/mol. The van der Waals surface area contributed by atoms with Gasteiger partial charge >= 0.3 is 5.97 Å². The molecule has 6 nitrogen and oxygen atoms in total. The molecule has 0 saturated carbocycles. The lowest BCUT2D eigenvalue weighted by Crippen LogP contribution is -2.49. The highest BCUT2D eigenvalue weighted by Crippen LogP contribution is 2.22. The van der Waals surface area contributed by atoms with Crippen molar-refractivity contribution in [1.82, 2.24) is 10.5 Å². The van der Waals surface area contributed by atoms with Crippen molar-refractivity contribution < 1.29 is 23.6 Å². The summed E-state index contributed by atoms with van der Waals surface area (Å²) in [4.78, 5) is 23.9. The summed E-state index contributed by atoms with van der Waals surface area (Å²) in [5, 5.41) is 15.8. The quantitative estimate of drug-likeness (QED) is 0.846. The van der Waals surface area contributed by atoms with Gasteiger partial charge in [-0.1, -0.05) is 17.3 Å². The van der Waals surface area contributed by atoms with Crippen molar-refractivity contribution in [1.29, 1.82) is 0 Å². The Bertz CT molecular complexity index is 735. The largest absolute Gasteiger partial charge is 0.479 e. The Kier molecular flexibility index (Phi) is 5.02.